The second-order valence-corrected chi connectivity index (χ2v) is 4.10. The van der Waals surface area contributed by atoms with Crippen molar-refractivity contribution in [2.24, 2.45) is 5.41 Å². The Morgan fingerprint density at radius 1 is 1.43 bits per heavy atom. The van der Waals surface area contributed by atoms with Crippen molar-refractivity contribution in [1.29, 1.82) is 0 Å². The molecule has 0 unspecified atom stereocenters. The van der Waals surface area contributed by atoms with Crippen molar-refractivity contribution in [3.63, 3.8) is 0 Å². The Kier molecular flexibility index (Phi) is 6.22. The normalized spacial score (nSPS) is 13.6. The van der Waals surface area contributed by atoms with Gasteiger partial charge >= 0.3 is 0 Å². The van der Waals surface area contributed by atoms with E-state index in [1.54, 1.807) is 0 Å². The smallest absolute Gasteiger partial charge is 0.00436 e. The van der Waals surface area contributed by atoms with E-state index in [4.69, 9.17) is 0 Å². The molecule has 0 aromatic heterocycles. The quantitative estimate of drug-likeness (QED) is 0.638. The Hall–Kier alpha value is -0.820. The first-order valence-corrected chi connectivity index (χ1v) is 5.19. The first-order valence-electron chi connectivity index (χ1n) is 5.19. The van der Waals surface area contributed by atoms with Gasteiger partial charge in [-0.3, -0.25) is 0 Å². The Labute approximate surface area is 88.6 Å². The van der Waals surface area contributed by atoms with Crippen LogP contribution in [0.5, 0.6) is 0 Å². The Morgan fingerprint density at radius 3 is 2.50 bits per heavy atom. The zero-order valence-electron chi connectivity index (χ0n) is 9.93. The minimum Gasteiger partial charge on any atom is -0.320 e. The molecule has 0 heterocycles. The summed E-state index contributed by atoms with van der Waals surface area (Å²) in [5, 5.41) is 3.19. The fourth-order valence-electron chi connectivity index (χ4n) is 1.40. The Morgan fingerprint density at radius 2 is 2.07 bits per heavy atom. The lowest BCUT2D eigenvalue weighted by Crippen LogP contribution is -2.21. The molecule has 1 nitrogen and oxygen atoms in total. The van der Waals surface area contributed by atoms with Crippen molar-refractivity contribution in [3.8, 4) is 0 Å². The number of rotatable bonds is 6. The minimum absolute atomic E-state index is 0.212. The predicted octanol–water partition coefficient (Wildman–Crippen LogP) is 3.31. The number of allylic oxidation sites excluding steroid dienone is 5. The highest BCUT2D eigenvalue weighted by atomic mass is 14.8. The Balaban J connectivity index is 4.62. The van der Waals surface area contributed by atoms with Crippen LogP contribution in [0.3, 0.4) is 0 Å². The summed E-state index contributed by atoms with van der Waals surface area (Å²) in [6.07, 6.45) is 9.33. The molecule has 0 aliphatic rings. The van der Waals surface area contributed by atoms with E-state index in [-0.39, 0.29) is 5.41 Å². The lowest BCUT2D eigenvalue weighted by molar-refractivity contribution is 0.410. The van der Waals surface area contributed by atoms with Gasteiger partial charge < -0.3 is 5.32 Å². The van der Waals surface area contributed by atoms with Crippen LogP contribution in [-0.4, -0.2) is 13.6 Å². The zero-order chi connectivity index (χ0) is 11.0. The SMILES string of the molecule is C=C/C=C(\C=C/C)C(C)(C)CCNC. The van der Waals surface area contributed by atoms with Crippen LogP contribution in [0.4, 0.5) is 0 Å². The molecule has 0 aromatic rings. The third kappa shape index (κ3) is 4.43. The summed E-state index contributed by atoms with van der Waals surface area (Å²) in [4.78, 5) is 0. The second kappa shape index (κ2) is 6.61. The molecule has 0 aliphatic heterocycles. The van der Waals surface area contributed by atoms with Crippen LogP contribution in [0, 0.1) is 5.41 Å². The lowest BCUT2D eigenvalue weighted by atomic mass is 9.80. The van der Waals surface area contributed by atoms with Crippen LogP contribution in [0.15, 0.2) is 36.5 Å². The van der Waals surface area contributed by atoms with Gasteiger partial charge in [0, 0.05) is 0 Å². The first kappa shape index (κ1) is 13.2. The molecular formula is C13H23N. The topological polar surface area (TPSA) is 12.0 Å². The molecule has 0 aromatic carbocycles. The van der Waals surface area contributed by atoms with E-state index in [1.165, 1.54) is 5.57 Å². The monoisotopic (exact) mass is 193 g/mol. The van der Waals surface area contributed by atoms with Gasteiger partial charge in [0.2, 0.25) is 0 Å². The molecule has 0 amide bonds. The summed E-state index contributed by atoms with van der Waals surface area (Å²) < 4.78 is 0. The summed E-state index contributed by atoms with van der Waals surface area (Å²) in [7, 11) is 1.99. The fourth-order valence-corrected chi connectivity index (χ4v) is 1.40. The summed E-state index contributed by atoms with van der Waals surface area (Å²) >= 11 is 0. The van der Waals surface area contributed by atoms with E-state index in [0.29, 0.717) is 0 Å². The average molecular weight is 193 g/mol. The maximum Gasteiger partial charge on any atom is -0.00436 e. The number of hydrogen-bond acceptors (Lipinski definition) is 1. The fraction of sp³-hybridized carbons (Fsp3) is 0.538. The maximum atomic E-state index is 3.75. The summed E-state index contributed by atoms with van der Waals surface area (Å²) in [6.45, 7) is 11.4. The standard InChI is InChI=1S/C13H23N/c1-6-8-12(9-7-2)13(3,4)10-11-14-5/h6-9,14H,1,10-11H2,2-5H3/b9-7-,12-8+. The molecule has 0 fully saturated rings. The molecule has 0 saturated heterocycles. The van der Waals surface area contributed by atoms with E-state index in [0.717, 1.165) is 13.0 Å². The van der Waals surface area contributed by atoms with E-state index in [9.17, 15) is 0 Å². The van der Waals surface area contributed by atoms with Crippen LogP contribution in [0.1, 0.15) is 27.2 Å². The molecular weight excluding hydrogens is 170 g/mol. The van der Waals surface area contributed by atoms with Gasteiger partial charge in [0.25, 0.3) is 0 Å². The summed E-state index contributed by atoms with van der Waals surface area (Å²) in [5.74, 6) is 0. The van der Waals surface area contributed by atoms with Gasteiger partial charge in [-0.2, -0.15) is 0 Å². The van der Waals surface area contributed by atoms with Crippen molar-refractivity contribution in [2.75, 3.05) is 13.6 Å². The van der Waals surface area contributed by atoms with Gasteiger partial charge in [0.05, 0.1) is 0 Å². The molecule has 0 atom stereocenters. The zero-order valence-corrected chi connectivity index (χ0v) is 9.93. The minimum atomic E-state index is 0.212. The summed E-state index contributed by atoms with van der Waals surface area (Å²) in [5.41, 5.74) is 1.55. The largest absolute Gasteiger partial charge is 0.320 e. The van der Waals surface area contributed by atoms with Gasteiger partial charge in [-0.05, 0) is 37.9 Å². The van der Waals surface area contributed by atoms with Crippen LogP contribution in [-0.2, 0) is 0 Å². The van der Waals surface area contributed by atoms with Gasteiger partial charge in [-0.15, -0.1) is 0 Å². The molecule has 1 heteroatoms. The maximum absolute atomic E-state index is 3.75. The number of nitrogens with one attached hydrogen (secondary N) is 1. The molecule has 0 saturated carbocycles. The highest BCUT2D eigenvalue weighted by Crippen LogP contribution is 2.30. The van der Waals surface area contributed by atoms with E-state index >= 15 is 0 Å². The molecule has 14 heavy (non-hydrogen) atoms. The third-order valence-electron chi connectivity index (χ3n) is 2.43. The van der Waals surface area contributed by atoms with E-state index in [1.807, 2.05) is 20.0 Å². The second-order valence-electron chi connectivity index (χ2n) is 4.10. The highest BCUT2D eigenvalue weighted by Gasteiger charge is 2.19. The first-order chi connectivity index (χ1) is 6.58. The summed E-state index contributed by atoms with van der Waals surface area (Å²) in [6, 6.07) is 0. The average Bonchev–Trinajstić information content (AvgIpc) is 2.14. The van der Waals surface area contributed by atoms with Crippen molar-refractivity contribution in [1.82, 2.24) is 5.32 Å². The van der Waals surface area contributed by atoms with E-state index in [2.05, 4.69) is 44.0 Å². The van der Waals surface area contributed by atoms with Crippen LogP contribution in [0.2, 0.25) is 0 Å². The Bertz CT molecular complexity index is 221. The lowest BCUT2D eigenvalue weighted by Gasteiger charge is -2.26. The van der Waals surface area contributed by atoms with Gasteiger partial charge in [-0.1, -0.05) is 44.7 Å². The third-order valence-corrected chi connectivity index (χ3v) is 2.43. The molecule has 80 valence electrons. The molecule has 0 aliphatic carbocycles. The van der Waals surface area contributed by atoms with Gasteiger partial charge in [0.1, 0.15) is 0 Å². The van der Waals surface area contributed by atoms with Crippen LogP contribution < -0.4 is 5.32 Å². The van der Waals surface area contributed by atoms with Gasteiger partial charge in [0.15, 0.2) is 0 Å². The van der Waals surface area contributed by atoms with Crippen LogP contribution >= 0.6 is 0 Å². The highest BCUT2D eigenvalue weighted by molar-refractivity contribution is 5.28. The predicted molar refractivity (Wildman–Crippen MR) is 65.4 cm³/mol. The van der Waals surface area contributed by atoms with Crippen molar-refractivity contribution in [2.45, 2.75) is 27.2 Å². The number of hydrogen-bond donors (Lipinski definition) is 1. The van der Waals surface area contributed by atoms with Crippen LogP contribution in [0.25, 0.3) is 0 Å². The molecule has 0 radical (unpaired) electrons. The molecule has 1 N–H and O–H groups in total. The van der Waals surface area contributed by atoms with Crippen molar-refractivity contribution >= 4 is 0 Å². The van der Waals surface area contributed by atoms with Crippen molar-refractivity contribution < 1.29 is 0 Å². The molecule has 0 spiro atoms. The molecule has 0 rings (SSSR count). The van der Waals surface area contributed by atoms with E-state index < -0.39 is 0 Å². The van der Waals surface area contributed by atoms with Gasteiger partial charge in [-0.25, -0.2) is 0 Å². The van der Waals surface area contributed by atoms with Crippen molar-refractivity contribution in [3.05, 3.63) is 36.5 Å². The molecule has 0 bridgehead atoms.